The number of benzene rings is 2. The molecule has 2 aromatic rings. The van der Waals surface area contributed by atoms with Crippen LogP contribution in [0.2, 0.25) is 0 Å². The Morgan fingerprint density at radius 3 is 2.38 bits per heavy atom. The number of allylic oxidation sites excluding steroid dienone is 2. The molecular formula is C28H39N3O. The van der Waals surface area contributed by atoms with E-state index >= 15 is 0 Å². The molecule has 3 N–H and O–H groups in total. The Bertz CT molecular complexity index is 832. The van der Waals surface area contributed by atoms with Gasteiger partial charge in [0.2, 0.25) is 0 Å². The molecule has 0 saturated heterocycles. The van der Waals surface area contributed by atoms with E-state index < -0.39 is 0 Å². The maximum absolute atomic E-state index is 5.76. The molecule has 1 aliphatic rings. The van der Waals surface area contributed by atoms with Crippen LogP contribution in [0.5, 0.6) is 0 Å². The van der Waals surface area contributed by atoms with E-state index in [9.17, 15) is 0 Å². The van der Waals surface area contributed by atoms with Crippen molar-refractivity contribution in [3.63, 3.8) is 0 Å². The molecule has 4 nitrogen and oxygen atoms in total. The van der Waals surface area contributed by atoms with Gasteiger partial charge in [-0.15, -0.1) is 0 Å². The zero-order chi connectivity index (χ0) is 23.2. The molecule has 0 aliphatic heterocycles. The summed E-state index contributed by atoms with van der Waals surface area (Å²) >= 11 is 0. The third-order valence-electron chi connectivity index (χ3n) is 5.45. The number of nitrogens with zero attached hydrogens (tertiary/aromatic N) is 1. The minimum atomic E-state index is 0.574. The number of anilines is 1. The molecule has 0 aromatic heterocycles. The molecule has 0 heterocycles. The van der Waals surface area contributed by atoms with Gasteiger partial charge in [-0.2, -0.15) is 0 Å². The molecule has 3 rings (SSSR count). The van der Waals surface area contributed by atoms with Crippen LogP contribution in [0, 0.1) is 11.8 Å². The number of ether oxygens (including phenoxy) is 1. The standard InChI is InChI=1S/C18H19NO.C10H20N2/c1-15(19-18-11-7-4-8-12-18)16(2)20-14-13-17-9-5-3-6-10-17;1-3-12(11)8-10-6-4-5-9(2)7-10/h3-12,19H,1-2,13-14H2;4-5,9-10H,3,6-8,11H2,1-2H3. The second-order valence-electron chi connectivity index (χ2n) is 8.31. The summed E-state index contributed by atoms with van der Waals surface area (Å²) in [5.41, 5.74) is 2.91. The van der Waals surface area contributed by atoms with E-state index in [4.69, 9.17) is 10.6 Å². The molecule has 2 unspecified atom stereocenters. The van der Waals surface area contributed by atoms with Gasteiger partial charge in [-0.3, -0.25) is 5.84 Å². The van der Waals surface area contributed by atoms with Crippen molar-refractivity contribution in [1.82, 2.24) is 5.01 Å². The van der Waals surface area contributed by atoms with Crippen LogP contribution in [0.3, 0.4) is 0 Å². The fraction of sp³-hybridized carbons (Fsp3) is 0.357. The van der Waals surface area contributed by atoms with E-state index in [2.05, 4.69) is 56.6 Å². The van der Waals surface area contributed by atoms with Crippen LogP contribution >= 0.6 is 0 Å². The highest BCUT2D eigenvalue weighted by atomic mass is 16.5. The lowest BCUT2D eigenvalue weighted by atomic mass is 9.87. The summed E-state index contributed by atoms with van der Waals surface area (Å²) < 4.78 is 5.62. The maximum atomic E-state index is 5.76. The number of para-hydroxylation sites is 1. The molecule has 32 heavy (non-hydrogen) atoms. The summed E-state index contributed by atoms with van der Waals surface area (Å²) in [6.45, 7) is 14.8. The van der Waals surface area contributed by atoms with Crippen molar-refractivity contribution in [1.29, 1.82) is 0 Å². The second-order valence-corrected chi connectivity index (χ2v) is 8.31. The normalized spacial score (nSPS) is 17.2. The van der Waals surface area contributed by atoms with Crippen LogP contribution in [0.25, 0.3) is 0 Å². The first-order valence-corrected chi connectivity index (χ1v) is 11.5. The monoisotopic (exact) mass is 433 g/mol. The van der Waals surface area contributed by atoms with Gasteiger partial charge in [0.05, 0.1) is 12.3 Å². The van der Waals surface area contributed by atoms with Crippen LogP contribution < -0.4 is 11.2 Å². The van der Waals surface area contributed by atoms with Crippen molar-refractivity contribution in [3.8, 4) is 0 Å². The van der Waals surface area contributed by atoms with Crippen LogP contribution in [0.15, 0.2) is 97.4 Å². The van der Waals surface area contributed by atoms with E-state index in [0.29, 0.717) is 18.1 Å². The molecule has 0 spiro atoms. The number of hydrazine groups is 1. The van der Waals surface area contributed by atoms with Gasteiger partial charge in [0, 0.05) is 25.2 Å². The molecule has 2 atom stereocenters. The smallest absolute Gasteiger partial charge is 0.134 e. The molecule has 0 amide bonds. The Morgan fingerprint density at radius 1 is 1.09 bits per heavy atom. The molecule has 0 radical (unpaired) electrons. The van der Waals surface area contributed by atoms with Crippen LogP contribution in [0.1, 0.15) is 32.3 Å². The van der Waals surface area contributed by atoms with Gasteiger partial charge in [0.15, 0.2) is 0 Å². The molecule has 1 aliphatic carbocycles. The molecule has 4 heteroatoms. The van der Waals surface area contributed by atoms with E-state index in [-0.39, 0.29) is 0 Å². The Kier molecular flexibility index (Phi) is 11.4. The first kappa shape index (κ1) is 25.4. The van der Waals surface area contributed by atoms with Gasteiger partial charge in [0.25, 0.3) is 0 Å². The van der Waals surface area contributed by atoms with Crippen molar-refractivity contribution >= 4 is 5.69 Å². The highest BCUT2D eigenvalue weighted by molar-refractivity contribution is 5.50. The predicted octanol–water partition coefficient (Wildman–Crippen LogP) is 6.17. The molecular weight excluding hydrogens is 394 g/mol. The summed E-state index contributed by atoms with van der Waals surface area (Å²) in [7, 11) is 0. The van der Waals surface area contributed by atoms with Crippen LogP contribution in [0.4, 0.5) is 5.69 Å². The third-order valence-corrected chi connectivity index (χ3v) is 5.45. The molecule has 172 valence electrons. The zero-order valence-electron chi connectivity index (χ0n) is 19.7. The van der Waals surface area contributed by atoms with Gasteiger partial charge in [-0.05, 0) is 42.4 Å². The SMILES string of the molecule is C=C(Nc1ccccc1)C(=C)OCCc1ccccc1.CCN(N)CC1CC=CC(C)C1. The molecule has 2 aromatic carbocycles. The summed E-state index contributed by atoms with van der Waals surface area (Å²) in [5.74, 6) is 7.85. The second kappa shape index (κ2) is 14.3. The van der Waals surface area contributed by atoms with Crippen molar-refractivity contribution < 1.29 is 4.74 Å². The molecule has 0 fully saturated rings. The fourth-order valence-electron chi connectivity index (χ4n) is 3.60. The Labute approximate surface area is 194 Å². The first-order valence-electron chi connectivity index (χ1n) is 11.5. The topological polar surface area (TPSA) is 50.5 Å². The van der Waals surface area contributed by atoms with Gasteiger partial charge >= 0.3 is 0 Å². The van der Waals surface area contributed by atoms with Crippen LogP contribution in [-0.4, -0.2) is 24.7 Å². The lowest BCUT2D eigenvalue weighted by Gasteiger charge is -2.26. The van der Waals surface area contributed by atoms with Gasteiger partial charge < -0.3 is 10.1 Å². The maximum Gasteiger partial charge on any atom is 0.134 e. The summed E-state index contributed by atoms with van der Waals surface area (Å²) in [6.07, 6.45) is 7.96. The summed E-state index contributed by atoms with van der Waals surface area (Å²) in [4.78, 5) is 0. The molecule has 0 saturated carbocycles. The highest BCUT2D eigenvalue weighted by Crippen LogP contribution is 2.23. The Balaban J connectivity index is 0.000000258. The number of hydrogen-bond donors (Lipinski definition) is 2. The zero-order valence-corrected chi connectivity index (χ0v) is 19.7. The van der Waals surface area contributed by atoms with Gasteiger partial charge in [-0.1, -0.05) is 87.7 Å². The van der Waals surface area contributed by atoms with E-state index in [0.717, 1.165) is 37.0 Å². The highest BCUT2D eigenvalue weighted by Gasteiger charge is 2.15. The lowest BCUT2D eigenvalue weighted by molar-refractivity contribution is 0.226. The average Bonchev–Trinajstić information content (AvgIpc) is 2.80. The minimum absolute atomic E-state index is 0.574. The van der Waals surface area contributed by atoms with Gasteiger partial charge in [0.1, 0.15) is 5.76 Å². The average molecular weight is 434 g/mol. The largest absolute Gasteiger partial charge is 0.492 e. The lowest BCUT2D eigenvalue weighted by Crippen LogP contribution is -2.36. The predicted molar refractivity (Wildman–Crippen MR) is 137 cm³/mol. The Morgan fingerprint density at radius 2 is 1.75 bits per heavy atom. The quantitative estimate of drug-likeness (QED) is 0.155. The Hall–Kier alpha value is -2.82. The summed E-state index contributed by atoms with van der Waals surface area (Å²) in [6, 6.07) is 20.1. The van der Waals surface area contributed by atoms with Crippen molar-refractivity contribution in [3.05, 3.63) is 103 Å². The van der Waals surface area contributed by atoms with Gasteiger partial charge in [-0.25, -0.2) is 5.01 Å². The van der Waals surface area contributed by atoms with E-state index in [1.165, 1.54) is 18.4 Å². The number of hydrogen-bond acceptors (Lipinski definition) is 4. The van der Waals surface area contributed by atoms with Crippen molar-refractivity contribution in [2.45, 2.75) is 33.1 Å². The third kappa shape index (κ3) is 9.99. The van der Waals surface area contributed by atoms with E-state index in [1.54, 1.807) is 0 Å². The van der Waals surface area contributed by atoms with Crippen molar-refractivity contribution in [2.24, 2.45) is 17.7 Å². The van der Waals surface area contributed by atoms with E-state index in [1.807, 2.05) is 53.5 Å². The number of nitrogens with one attached hydrogen (secondary N) is 1. The number of nitrogens with two attached hydrogens (primary N) is 1. The molecule has 0 bridgehead atoms. The fourth-order valence-corrected chi connectivity index (χ4v) is 3.60. The summed E-state index contributed by atoms with van der Waals surface area (Å²) in [5, 5.41) is 5.08. The minimum Gasteiger partial charge on any atom is -0.492 e. The van der Waals surface area contributed by atoms with Crippen molar-refractivity contribution in [2.75, 3.05) is 25.0 Å². The number of rotatable bonds is 10. The van der Waals surface area contributed by atoms with Crippen LogP contribution in [-0.2, 0) is 11.2 Å². The first-order chi connectivity index (χ1) is 15.5.